The van der Waals surface area contributed by atoms with Gasteiger partial charge in [0.25, 0.3) is 0 Å². The highest BCUT2D eigenvalue weighted by Gasteiger charge is 2.48. The third-order valence-corrected chi connectivity index (χ3v) is 6.01. The zero-order valence-corrected chi connectivity index (χ0v) is 12.7. The van der Waals surface area contributed by atoms with Crippen LogP contribution in [-0.2, 0) is 4.74 Å². The van der Waals surface area contributed by atoms with Crippen molar-refractivity contribution in [2.45, 2.75) is 88.7 Å². The van der Waals surface area contributed by atoms with E-state index in [2.05, 4.69) is 12.2 Å². The Morgan fingerprint density at radius 3 is 2.74 bits per heavy atom. The van der Waals surface area contributed by atoms with Gasteiger partial charge in [-0.1, -0.05) is 26.2 Å². The number of hydrogen-bond donors (Lipinski definition) is 1. The van der Waals surface area contributed by atoms with Gasteiger partial charge in [-0.25, -0.2) is 0 Å². The average molecular weight is 265 g/mol. The lowest BCUT2D eigenvalue weighted by Gasteiger charge is -2.52. The smallest absolute Gasteiger partial charge is 0.0686 e. The fourth-order valence-corrected chi connectivity index (χ4v) is 4.80. The third kappa shape index (κ3) is 2.71. The van der Waals surface area contributed by atoms with E-state index < -0.39 is 0 Å². The van der Waals surface area contributed by atoms with Crippen LogP contribution in [0.15, 0.2) is 0 Å². The van der Waals surface area contributed by atoms with Crippen LogP contribution >= 0.6 is 0 Å². The van der Waals surface area contributed by atoms with Crippen molar-refractivity contribution in [2.75, 3.05) is 13.2 Å². The summed E-state index contributed by atoms with van der Waals surface area (Å²) in [5.74, 6) is 0.861. The molecule has 2 aliphatic heterocycles. The van der Waals surface area contributed by atoms with E-state index in [9.17, 15) is 0 Å². The van der Waals surface area contributed by atoms with Crippen molar-refractivity contribution < 1.29 is 4.74 Å². The highest BCUT2D eigenvalue weighted by molar-refractivity contribution is 5.03. The fourth-order valence-electron chi connectivity index (χ4n) is 4.80. The molecular weight excluding hydrogens is 234 g/mol. The Hall–Kier alpha value is -0.0800. The van der Waals surface area contributed by atoms with Crippen molar-refractivity contribution in [1.82, 2.24) is 5.32 Å². The van der Waals surface area contributed by atoms with E-state index in [-0.39, 0.29) is 0 Å². The maximum Gasteiger partial charge on any atom is 0.0686 e. The zero-order valence-electron chi connectivity index (χ0n) is 12.7. The summed E-state index contributed by atoms with van der Waals surface area (Å²) < 4.78 is 6.15. The maximum atomic E-state index is 6.15. The average Bonchev–Trinajstić information content (AvgIpc) is 2.64. The van der Waals surface area contributed by atoms with Crippen LogP contribution < -0.4 is 5.32 Å². The lowest BCUT2D eigenvalue weighted by Crippen LogP contribution is -2.57. The van der Waals surface area contributed by atoms with Crippen molar-refractivity contribution in [1.29, 1.82) is 0 Å². The van der Waals surface area contributed by atoms with Gasteiger partial charge >= 0.3 is 0 Å². The minimum absolute atomic E-state index is 0.303. The molecule has 3 fully saturated rings. The summed E-state index contributed by atoms with van der Waals surface area (Å²) >= 11 is 0. The molecule has 1 aliphatic carbocycles. The monoisotopic (exact) mass is 265 g/mol. The zero-order chi connectivity index (χ0) is 13.2. The Morgan fingerprint density at radius 1 is 1.11 bits per heavy atom. The second-order valence-electron chi connectivity index (χ2n) is 7.22. The van der Waals surface area contributed by atoms with Gasteiger partial charge < -0.3 is 10.1 Å². The first-order chi connectivity index (χ1) is 9.29. The van der Waals surface area contributed by atoms with Crippen molar-refractivity contribution >= 4 is 0 Å². The SMILES string of the molecule is CCCC1(C2CCOC3(CCC3)C2)CCCCCN1. The summed E-state index contributed by atoms with van der Waals surface area (Å²) in [6, 6.07) is 0. The molecule has 0 aromatic heterocycles. The van der Waals surface area contributed by atoms with Crippen molar-refractivity contribution in [3.05, 3.63) is 0 Å². The molecule has 0 amide bonds. The molecular formula is C17H31NO. The first kappa shape index (κ1) is 13.9. The second-order valence-corrected chi connectivity index (χ2v) is 7.22. The van der Waals surface area contributed by atoms with Crippen molar-refractivity contribution in [3.63, 3.8) is 0 Å². The molecule has 19 heavy (non-hydrogen) atoms. The highest BCUT2D eigenvalue weighted by atomic mass is 16.5. The van der Waals surface area contributed by atoms with Crippen LogP contribution in [0.4, 0.5) is 0 Å². The molecule has 0 radical (unpaired) electrons. The molecule has 2 unspecified atom stereocenters. The number of rotatable bonds is 3. The molecule has 0 aromatic rings. The van der Waals surface area contributed by atoms with E-state index in [1.165, 1.54) is 77.2 Å². The van der Waals surface area contributed by atoms with Crippen LogP contribution in [0.2, 0.25) is 0 Å². The van der Waals surface area contributed by atoms with Crippen LogP contribution in [0.1, 0.15) is 77.6 Å². The Morgan fingerprint density at radius 2 is 2.00 bits per heavy atom. The Bertz CT molecular complexity index is 290. The Labute approximate surface area is 118 Å². The second kappa shape index (κ2) is 5.73. The summed E-state index contributed by atoms with van der Waals surface area (Å²) in [5.41, 5.74) is 0.745. The molecule has 110 valence electrons. The van der Waals surface area contributed by atoms with Crippen molar-refractivity contribution in [3.8, 4) is 0 Å². The topological polar surface area (TPSA) is 21.3 Å². The number of hydrogen-bond acceptors (Lipinski definition) is 2. The van der Waals surface area contributed by atoms with Crippen LogP contribution in [0.25, 0.3) is 0 Å². The lowest BCUT2D eigenvalue weighted by molar-refractivity contribution is -0.155. The van der Waals surface area contributed by atoms with E-state index in [4.69, 9.17) is 4.74 Å². The van der Waals surface area contributed by atoms with E-state index in [1.807, 2.05) is 0 Å². The van der Waals surface area contributed by atoms with Crippen LogP contribution in [0.3, 0.4) is 0 Å². The van der Waals surface area contributed by atoms with Gasteiger partial charge in [0.05, 0.1) is 5.60 Å². The molecule has 2 heteroatoms. The fraction of sp³-hybridized carbons (Fsp3) is 1.00. The highest BCUT2D eigenvalue weighted by Crippen LogP contribution is 2.48. The first-order valence-corrected chi connectivity index (χ1v) is 8.68. The summed E-state index contributed by atoms with van der Waals surface area (Å²) in [5, 5.41) is 4.00. The van der Waals surface area contributed by atoms with Crippen LogP contribution in [0, 0.1) is 5.92 Å². The van der Waals surface area contributed by atoms with Gasteiger partial charge in [-0.3, -0.25) is 0 Å². The number of ether oxygens (including phenoxy) is 1. The number of nitrogens with one attached hydrogen (secondary N) is 1. The molecule has 2 heterocycles. The molecule has 1 spiro atoms. The quantitative estimate of drug-likeness (QED) is 0.831. The van der Waals surface area contributed by atoms with Crippen molar-refractivity contribution in [2.24, 2.45) is 5.92 Å². The van der Waals surface area contributed by atoms with E-state index >= 15 is 0 Å². The van der Waals surface area contributed by atoms with Crippen LogP contribution in [0.5, 0.6) is 0 Å². The third-order valence-electron chi connectivity index (χ3n) is 6.01. The van der Waals surface area contributed by atoms with Gasteiger partial charge in [0.15, 0.2) is 0 Å². The van der Waals surface area contributed by atoms with E-state index in [0.717, 1.165) is 12.5 Å². The maximum absolute atomic E-state index is 6.15. The van der Waals surface area contributed by atoms with E-state index in [1.54, 1.807) is 0 Å². The summed E-state index contributed by atoms with van der Waals surface area (Å²) in [4.78, 5) is 0. The van der Waals surface area contributed by atoms with Gasteiger partial charge in [0, 0.05) is 12.1 Å². The molecule has 0 aromatic carbocycles. The summed E-state index contributed by atoms with van der Waals surface area (Å²) in [7, 11) is 0. The van der Waals surface area contributed by atoms with Gasteiger partial charge in [-0.05, 0) is 63.8 Å². The lowest BCUT2D eigenvalue weighted by atomic mass is 9.64. The molecule has 2 atom stereocenters. The normalized spacial score (nSPS) is 38.7. The largest absolute Gasteiger partial charge is 0.375 e. The predicted octanol–water partition coefficient (Wildman–Crippen LogP) is 4.04. The molecule has 3 rings (SSSR count). The van der Waals surface area contributed by atoms with Gasteiger partial charge in [0.2, 0.25) is 0 Å². The first-order valence-electron chi connectivity index (χ1n) is 8.68. The molecule has 0 bridgehead atoms. The van der Waals surface area contributed by atoms with Gasteiger partial charge in [-0.2, -0.15) is 0 Å². The summed E-state index contributed by atoms with van der Waals surface area (Å²) in [6.07, 6.45) is 15.0. The predicted molar refractivity (Wildman–Crippen MR) is 79.4 cm³/mol. The molecule has 2 nitrogen and oxygen atoms in total. The molecule has 2 saturated heterocycles. The standard InChI is InChI=1S/C17H31NO/c1-2-8-17(11-4-3-5-12-18-17)15-7-13-19-16(14-15)9-6-10-16/h15,18H,2-14H2,1H3. The minimum atomic E-state index is 0.303. The summed E-state index contributed by atoms with van der Waals surface area (Å²) in [6.45, 7) is 4.61. The minimum Gasteiger partial charge on any atom is -0.375 e. The van der Waals surface area contributed by atoms with E-state index in [0.29, 0.717) is 11.1 Å². The molecule has 1 N–H and O–H groups in total. The molecule has 3 aliphatic rings. The Kier molecular flexibility index (Phi) is 4.19. The van der Waals surface area contributed by atoms with Gasteiger partial charge in [0.1, 0.15) is 0 Å². The Balaban J connectivity index is 1.74. The van der Waals surface area contributed by atoms with Crippen LogP contribution in [-0.4, -0.2) is 24.3 Å². The van der Waals surface area contributed by atoms with Gasteiger partial charge in [-0.15, -0.1) is 0 Å². The molecule has 1 saturated carbocycles.